The van der Waals surface area contributed by atoms with Gasteiger partial charge in [0.05, 0.1) is 21.8 Å². The molecule has 26 heavy (non-hydrogen) atoms. The van der Waals surface area contributed by atoms with Crippen LogP contribution in [-0.2, 0) is 4.79 Å². The molecule has 0 unspecified atom stereocenters. The molecule has 5 nitrogen and oxygen atoms in total. The molecule has 7 heteroatoms. The first kappa shape index (κ1) is 18.8. The quantitative estimate of drug-likeness (QED) is 0.827. The van der Waals surface area contributed by atoms with Gasteiger partial charge in [0.25, 0.3) is 0 Å². The minimum Gasteiger partial charge on any atom is -0.508 e. The van der Waals surface area contributed by atoms with E-state index in [-0.39, 0.29) is 17.7 Å². The van der Waals surface area contributed by atoms with Crippen molar-refractivity contribution in [3.63, 3.8) is 0 Å². The Morgan fingerprint density at radius 1 is 1.08 bits per heavy atom. The summed E-state index contributed by atoms with van der Waals surface area (Å²) in [6.07, 6.45) is 0. The molecule has 1 aliphatic heterocycles. The van der Waals surface area contributed by atoms with Crippen molar-refractivity contribution < 1.29 is 9.90 Å². The Kier molecular flexibility index (Phi) is 5.91. The number of piperazine rings is 1. The summed E-state index contributed by atoms with van der Waals surface area (Å²) in [6, 6.07) is 12.1. The fourth-order valence-electron chi connectivity index (χ4n) is 3.03. The number of aromatic hydroxyl groups is 1. The third-order valence-electron chi connectivity index (χ3n) is 4.67. The second kappa shape index (κ2) is 8.16. The van der Waals surface area contributed by atoms with E-state index in [1.807, 2.05) is 19.1 Å². The van der Waals surface area contributed by atoms with Gasteiger partial charge in [-0.3, -0.25) is 9.69 Å². The van der Waals surface area contributed by atoms with Crippen molar-refractivity contribution in [1.29, 1.82) is 0 Å². The van der Waals surface area contributed by atoms with Gasteiger partial charge in [0.15, 0.2) is 0 Å². The van der Waals surface area contributed by atoms with Crippen molar-refractivity contribution in [2.75, 3.05) is 36.4 Å². The SMILES string of the molecule is C[C@H](C(=O)Nc1cccc(Cl)c1Cl)N1CCN(c2ccc(O)cc2)CC1. The van der Waals surface area contributed by atoms with Crippen LogP contribution in [-0.4, -0.2) is 48.1 Å². The van der Waals surface area contributed by atoms with E-state index >= 15 is 0 Å². The van der Waals surface area contributed by atoms with Crippen molar-refractivity contribution in [3.8, 4) is 5.75 Å². The first-order valence-electron chi connectivity index (χ1n) is 8.48. The lowest BCUT2D eigenvalue weighted by Gasteiger charge is -2.38. The van der Waals surface area contributed by atoms with Gasteiger partial charge in [0.2, 0.25) is 5.91 Å². The summed E-state index contributed by atoms with van der Waals surface area (Å²) in [5, 5.41) is 13.0. The smallest absolute Gasteiger partial charge is 0.241 e. The van der Waals surface area contributed by atoms with Gasteiger partial charge in [0.1, 0.15) is 5.75 Å². The maximum atomic E-state index is 12.6. The average Bonchev–Trinajstić information content (AvgIpc) is 2.65. The molecule has 0 radical (unpaired) electrons. The van der Waals surface area contributed by atoms with E-state index in [0.29, 0.717) is 15.7 Å². The zero-order valence-corrected chi connectivity index (χ0v) is 16.0. The zero-order chi connectivity index (χ0) is 18.7. The van der Waals surface area contributed by atoms with Gasteiger partial charge >= 0.3 is 0 Å². The van der Waals surface area contributed by atoms with Crippen molar-refractivity contribution in [2.45, 2.75) is 13.0 Å². The first-order chi connectivity index (χ1) is 12.5. The van der Waals surface area contributed by atoms with Crippen LogP contribution in [0.2, 0.25) is 10.0 Å². The summed E-state index contributed by atoms with van der Waals surface area (Å²) in [7, 11) is 0. The number of phenols is 1. The minimum absolute atomic E-state index is 0.104. The fourth-order valence-corrected chi connectivity index (χ4v) is 3.38. The van der Waals surface area contributed by atoms with Crippen molar-refractivity contribution >= 4 is 40.5 Å². The lowest BCUT2D eigenvalue weighted by atomic mass is 10.2. The first-order valence-corrected chi connectivity index (χ1v) is 9.24. The topological polar surface area (TPSA) is 55.8 Å². The number of benzene rings is 2. The van der Waals surface area contributed by atoms with E-state index in [0.717, 1.165) is 31.9 Å². The highest BCUT2D eigenvalue weighted by Gasteiger charge is 2.26. The van der Waals surface area contributed by atoms with Gasteiger partial charge in [0, 0.05) is 31.9 Å². The molecule has 0 saturated carbocycles. The molecule has 0 aromatic heterocycles. The molecular formula is C19H21Cl2N3O2. The van der Waals surface area contributed by atoms with Crippen LogP contribution in [0.1, 0.15) is 6.92 Å². The van der Waals surface area contributed by atoms with Crippen LogP contribution in [0, 0.1) is 0 Å². The van der Waals surface area contributed by atoms with Crippen molar-refractivity contribution in [1.82, 2.24) is 4.90 Å². The molecule has 2 aromatic rings. The Balaban J connectivity index is 1.57. The van der Waals surface area contributed by atoms with Gasteiger partial charge in [-0.05, 0) is 43.3 Å². The molecule has 1 atom stereocenters. The summed E-state index contributed by atoms with van der Waals surface area (Å²) in [5.41, 5.74) is 1.60. The predicted molar refractivity (Wildman–Crippen MR) is 106 cm³/mol. The Morgan fingerprint density at radius 3 is 2.38 bits per heavy atom. The molecule has 0 bridgehead atoms. The van der Waals surface area contributed by atoms with Crippen LogP contribution >= 0.6 is 23.2 Å². The van der Waals surface area contributed by atoms with E-state index in [1.54, 1.807) is 30.3 Å². The van der Waals surface area contributed by atoms with Crippen LogP contribution in [0.25, 0.3) is 0 Å². The van der Waals surface area contributed by atoms with Gasteiger partial charge in [-0.25, -0.2) is 0 Å². The van der Waals surface area contributed by atoms with Crippen LogP contribution in [0.5, 0.6) is 5.75 Å². The number of anilines is 2. The Bertz CT molecular complexity index is 775. The Morgan fingerprint density at radius 2 is 1.73 bits per heavy atom. The van der Waals surface area contributed by atoms with Crippen LogP contribution in [0.15, 0.2) is 42.5 Å². The van der Waals surface area contributed by atoms with Crippen LogP contribution in [0.3, 0.4) is 0 Å². The van der Waals surface area contributed by atoms with Crippen LogP contribution < -0.4 is 10.2 Å². The second-order valence-electron chi connectivity index (χ2n) is 6.31. The largest absolute Gasteiger partial charge is 0.508 e. The molecule has 1 fully saturated rings. The van der Waals surface area contributed by atoms with Gasteiger partial charge in [-0.1, -0.05) is 29.3 Å². The summed E-state index contributed by atoms with van der Waals surface area (Å²) in [5.74, 6) is 0.157. The number of carbonyl (C=O) groups excluding carboxylic acids is 1. The van der Waals surface area contributed by atoms with Crippen LogP contribution in [0.4, 0.5) is 11.4 Å². The second-order valence-corrected chi connectivity index (χ2v) is 7.09. The summed E-state index contributed by atoms with van der Waals surface area (Å²) in [6.45, 7) is 5.09. The van der Waals surface area contributed by atoms with E-state index in [2.05, 4.69) is 15.1 Å². The molecule has 138 valence electrons. The number of rotatable bonds is 4. The molecular weight excluding hydrogens is 373 g/mol. The maximum Gasteiger partial charge on any atom is 0.241 e. The number of phenolic OH excluding ortho intramolecular Hbond substituents is 1. The van der Waals surface area contributed by atoms with E-state index in [4.69, 9.17) is 23.2 Å². The minimum atomic E-state index is -0.271. The monoisotopic (exact) mass is 393 g/mol. The van der Waals surface area contributed by atoms with E-state index in [9.17, 15) is 9.90 Å². The Labute approximate surface area is 163 Å². The molecule has 1 heterocycles. The molecule has 3 rings (SSSR count). The lowest BCUT2D eigenvalue weighted by Crippen LogP contribution is -2.52. The fraction of sp³-hybridized carbons (Fsp3) is 0.316. The summed E-state index contributed by atoms with van der Waals surface area (Å²) in [4.78, 5) is 17.0. The maximum absolute atomic E-state index is 12.6. The number of nitrogens with one attached hydrogen (secondary N) is 1. The van der Waals surface area contributed by atoms with E-state index in [1.165, 1.54) is 0 Å². The highest BCUT2D eigenvalue weighted by molar-refractivity contribution is 6.44. The molecule has 1 amide bonds. The molecule has 0 spiro atoms. The molecule has 1 aliphatic rings. The number of hydrogen-bond donors (Lipinski definition) is 2. The molecule has 2 aromatic carbocycles. The van der Waals surface area contributed by atoms with E-state index < -0.39 is 0 Å². The Hall–Kier alpha value is -1.95. The number of nitrogens with zero attached hydrogens (tertiary/aromatic N) is 2. The zero-order valence-electron chi connectivity index (χ0n) is 14.5. The number of hydrogen-bond acceptors (Lipinski definition) is 4. The van der Waals surface area contributed by atoms with Gasteiger partial charge < -0.3 is 15.3 Å². The van der Waals surface area contributed by atoms with Crippen molar-refractivity contribution in [3.05, 3.63) is 52.5 Å². The molecule has 2 N–H and O–H groups in total. The molecule has 0 aliphatic carbocycles. The van der Waals surface area contributed by atoms with Gasteiger partial charge in [-0.15, -0.1) is 0 Å². The number of amides is 1. The van der Waals surface area contributed by atoms with Gasteiger partial charge in [-0.2, -0.15) is 0 Å². The third kappa shape index (κ3) is 4.23. The summed E-state index contributed by atoms with van der Waals surface area (Å²) >= 11 is 12.1. The number of halogens is 2. The highest BCUT2D eigenvalue weighted by Crippen LogP contribution is 2.29. The van der Waals surface area contributed by atoms with Crippen molar-refractivity contribution in [2.24, 2.45) is 0 Å². The number of carbonyl (C=O) groups is 1. The normalized spacial score (nSPS) is 16.3. The average molecular weight is 394 g/mol. The molecule has 1 saturated heterocycles. The predicted octanol–water partition coefficient (Wildman–Crippen LogP) is 3.85. The summed E-state index contributed by atoms with van der Waals surface area (Å²) < 4.78 is 0. The third-order valence-corrected chi connectivity index (χ3v) is 5.48. The lowest BCUT2D eigenvalue weighted by molar-refractivity contribution is -0.120. The standard InChI is InChI=1S/C19H21Cl2N3O2/c1-13(19(26)22-17-4-2-3-16(20)18(17)21)23-9-11-24(12-10-23)14-5-7-15(25)8-6-14/h2-8,13,25H,9-12H2,1H3,(H,22,26)/t13-/m1/s1. The highest BCUT2D eigenvalue weighted by atomic mass is 35.5.